The molecule has 0 aromatic carbocycles. The molecule has 1 atom stereocenters. The molecule has 0 bridgehead atoms. The first-order valence-electron chi connectivity index (χ1n) is 8.61. The predicted octanol–water partition coefficient (Wildman–Crippen LogP) is 1.44. The maximum absolute atomic E-state index is 10.3. The van der Waals surface area contributed by atoms with Gasteiger partial charge in [-0.25, -0.2) is 0 Å². The molecule has 2 aliphatic rings. The molecule has 1 N–H and O–H groups in total. The van der Waals surface area contributed by atoms with E-state index in [-0.39, 0.29) is 6.10 Å². The molecule has 6 heteroatoms. The molecule has 0 radical (unpaired) electrons. The van der Waals surface area contributed by atoms with Gasteiger partial charge < -0.3 is 9.63 Å². The molecule has 22 heavy (non-hydrogen) atoms. The zero-order valence-corrected chi connectivity index (χ0v) is 13.6. The minimum Gasteiger partial charge on any atom is -0.392 e. The van der Waals surface area contributed by atoms with Crippen molar-refractivity contribution in [3.8, 4) is 0 Å². The Morgan fingerprint density at radius 2 is 1.86 bits per heavy atom. The predicted molar refractivity (Wildman–Crippen MR) is 83.3 cm³/mol. The molecule has 2 heterocycles. The van der Waals surface area contributed by atoms with Crippen molar-refractivity contribution in [2.75, 3.05) is 32.7 Å². The summed E-state index contributed by atoms with van der Waals surface area (Å²) >= 11 is 0. The number of hydrogen-bond acceptors (Lipinski definition) is 6. The lowest BCUT2D eigenvalue weighted by Gasteiger charge is -2.35. The van der Waals surface area contributed by atoms with Crippen molar-refractivity contribution in [2.45, 2.75) is 51.7 Å². The third-order valence-corrected chi connectivity index (χ3v) is 4.94. The monoisotopic (exact) mass is 308 g/mol. The van der Waals surface area contributed by atoms with Gasteiger partial charge >= 0.3 is 0 Å². The van der Waals surface area contributed by atoms with Crippen LogP contribution in [0.15, 0.2) is 4.52 Å². The van der Waals surface area contributed by atoms with Crippen LogP contribution in [0.25, 0.3) is 0 Å². The van der Waals surface area contributed by atoms with Crippen molar-refractivity contribution in [1.29, 1.82) is 0 Å². The second-order valence-corrected chi connectivity index (χ2v) is 6.85. The van der Waals surface area contributed by atoms with Gasteiger partial charge in [0.05, 0.1) is 12.6 Å². The second-order valence-electron chi connectivity index (χ2n) is 6.85. The fourth-order valence-electron chi connectivity index (χ4n) is 3.73. The van der Waals surface area contributed by atoms with E-state index >= 15 is 0 Å². The Bertz CT molecular complexity index is 451. The molecule has 1 aromatic heterocycles. The summed E-state index contributed by atoms with van der Waals surface area (Å²) in [5.41, 5.74) is 0. The molecular formula is C16H28N4O2. The third kappa shape index (κ3) is 4.51. The van der Waals surface area contributed by atoms with Gasteiger partial charge in [0.25, 0.3) is 0 Å². The van der Waals surface area contributed by atoms with Crippen molar-refractivity contribution in [3.05, 3.63) is 11.7 Å². The SMILES string of the molecule is Cc1noc(CN2CCN(C[C@H](O)CC3CCCC3)CC2)n1. The fourth-order valence-corrected chi connectivity index (χ4v) is 3.73. The van der Waals surface area contributed by atoms with Gasteiger partial charge in [0.2, 0.25) is 5.89 Å². The van der Waals surface area contributed by atoms with Crippen molar-refractivity contribution in [2.24, 2.45) is 5.92 Å². The Morgan fingerprint density at radius 1 is 1.18 bits per heavy atom. The highest BCUT2D eigenvalue weighted by Crippen LogP contribution is 2.28. The van der Waals surface area contributed by atoms with E-state index in [0.717, 1.165) is 51.6 Å². The lowest BCUT2D eigenvalue weighted by atomic mass is 10.00. The van der Waals surface area contributed by atoms with E-state index in [1.54, 1.807) is 0 Å². The molecule has 6 nitrogen and oxygen atoms in total. The normalized spacial score (nSPS) is 23.2. The fraction of sp³-hybridized carbons (Fsp3) is 0.875. The van der Waals surface area contributed by atoms with Gasteiger partial charge in [0.1, 0.15) is 0 Å². The number of aromatic nitrogens is 2. The van der Waals surface area contributed by atoms with E-state index in [0.29, 0.717) is 11.7 Å². The van der Waals surface area contributed by atoms with Gasteiger partial charge in [-0.05, 0) is 19.3 Å². The van der Waals surface area contributed by atoms with Gasteiger partial charge in [-0.15, -0.1) is 0 Å². The highest BCUT2D eigenvalue weighted by Gasteiger charge is 2.23. The topological polar surface area (TPSA) is 65.6 Å². The highest BCUT2D eigenvalue weighted by atomic mass is 16.5. The molecule has 1 saturated carbocycles. The molecule has 1 aliphatic carbocycles. The van der Waals surface area contributed by atoms with Crippen LogP contribution in [0.4, 0.5) is 0 Å². The Hall–Kier alpha value is -0.980. The molecule has 124 valence electrons. The summed E-state index contributed by atoms with van der Waals surface area (Å²) in [5, 5.41) is 14.1. The Morgan fingerprint density at radius 3 is 2.50 bits per heavy atom. The van der Waals surface area contributed by atoms with Gasteiger partial charge in [-0.2, -0.15) is 4.98 Å². The van der Waals surface area contributed by atoms with Crippen LogP contribution < -0.4 is 0 Å². The highest BCUT2D eigenvalue weighted by molar-refractivity contribution is 4.85. The standard InChI is InChI=1S/C16H28N4O2/c1-13-17-16(22-18-13)12-20-8-6-19(7-9-20)11-15(21)10-14-4-2-3-5-14/h14-15,21H,2-12H2,1H3/t15-/m1/s1. The summed E-state index contributed by atoms with van der Waals surface area (Å²) in [5.74, 6) is 2.16. The Balaban J connectivity index is 1.36. The first-order valence-corrected chi connectivity index (χ1v) is 8.61. The van der Waals surface area contributed by atoms with E-state index in [1.807, 2.05) is 6.92 Å². The third-order valence-electron chi connectivity index (χ3n) is 4.94. The van der Waals surface area contributed by atoms with E-state index in [1.165, 1.54) is 25.7 Å². The number of rotatable bonds is 6. The van der Waals surface area contributed by atoms with Crippen LogP contribution in [0.2, 0.25) is 0 Å². The molecule has 1 aliphatic heterocycles. The number of aryl methyl sites for hydroxylation is 1. The Kier molecular flexibility index (Phi) is 5.44. The average molecular weight is 308 g/mol. The van der Waals surface area contributed by atoms with Gasteiger partial charge in [0.15, 0.2) is 5.82 Å². The van der Waals surface area contributed by atoms with E-state index < -0.39 is 0 Å². The van der Waals surface area contributed by atoms with Gasteiger partial charge in [-0.1, -0.05) is 30.8 Å². The van der Waals surface area contributed by atoms with Crippen LogP contribution >= 0.6 is 0 Å². The van der Waals surface area contributed by atoms with Crippen LogP contribution in [0.5, 0.6) is 0 Å². The summed E-state index contributed by atoms with van der Waals surface area (Å²) in [4.78, 5) is 8.98. The average Bonchev–Trinajstić information content (AvgIpc) is 3.13. The minimum atomic E-state index is -0.159. The van der Waals surface area contributed by atoms with Crippen molar-refractivity contribution in [3.63, 3.8) is 0 Å². The lowest BCUT2D eigenvalue weighted by molar-refractivity contribution is 0.0556. The van der Waals surface area contributed by atoms with Crippen LogP contribution in [0.3, 0.4) is 0 Å². The molecule has 0 amide bonds. The number of nitrogens with zero attached hydrogens (tertiary/aromatic N) is 4. The summed E-state index contributed by atoms with van der Waals surface area (Å²) in [6.07, 6.45) is 6.16. The van der Waals surface area contributed by atoms with Crippen LogP contribution in [0, 0.1) is 12.8 Å². The molecule has 1 aromatic rings. The van der Waals surface area contributed by atoms with Crippen LogP contribution in [-0.4, -0.2) is 63.9 Å². The number of aliphatic hydroxyl groups excluding tert-OH is 1. The van der Waals surface area contributed by atoms with Crippen molar-refractivity contribution >= 4 is 0 Å². The van der Waals surface area contributed by atoms with E-state index in [4.69, 9.17) is 4.52 Å². The van der Waals surface area contributed by atoms with Crippen LogP contribution in [0.1, 0.15) is 43.8 Å². The number of hydrogen-bond donors (Lipinski definition) is 1. The van der Waals surface area contributed by atoms with Crippen LogP contribution in [-0.2, 0) is 6.54 Å². The van der Waals surface area contributed by atoms with Gasteiger partial charge in [0, 0.05) is 32.7 Å². The molecule has 2 fully saturated rings. The van der Waals surface area contributed by atoms with E-state index in [2.05, 4.69) is 19.9 Å². The van der Waals surface area contributed by atoms with Gasteiger partial charge in [-0.3, -0.25) is 9.80 Å². The largest absolute Gasteiger partial charge is 0.392 e. The van der Waals surface area contributed by atoms with Crippen molar-refractivity contribution in [1.82, 2.24) is 19.9 Å². The Labute approximate surface area is 132 Å². The maximum atomic E-state index is 10.3. The number of aliphatic hydroxyl groups is 1. The minimum absolute atomic E-state index is 0.159. The van der Waals surface area contributed by atoms with E-state index in [9.17, 15) is 5.11 Å². The first kappa shape index (κ1) is 15.9. The quantitative estimate of drug-likeness (QED) is 0.858. The zero-order chi connectivity index (χ0) is 15.4. The second kappa shape index (κ2) is 7.53. The molecule has 0 unspecified atom stereocenters. The summed E-state index contributed by atoms with van der Waals surface area (Å²) in [6.45, 7) is 7.42. The molecule has 3 rings (SSSR count). The lowest BCUT2D eigenvalue weighted by Crippen LogP contribution is -2.48. The van der Waals surface area contributed by atoms with Crippen molar-refractivity contribution < 1.29 is 9.63 Å². The molecule has 1 saturated heterocycles. The molecule has 0 spiro atoms. The number of β-amino-alcohol motifs (C(OH)–C–C–N with tert-alkyl or cyclic N) is 1. The molecular weight excluding hydrogens is 280 g/mol. The first-order chi connectivity index (χ1) is 10.7. The number of piperazine rings is 1. The summed E-state index contributed by atoms with van der Waals surface area (Å²) < 4.78 is 5.18. The smallest absolute Gasteiger partial charge is 0.240 e. The summed E-state index contributed by atoms with van der Waals surface area (Å²) in [7, 11) is 0. The maximum Gasteiger partial charge on any atom is 0.240 e. The zero-order valence-electron chi connectivity index (χ0n) is 13.6. The summed E-state index contributed by atoms with van der Waals surface area (Å²) in [6, 6.07) is 0.